The third kappa shape index (κ3) is 2.53. The lowest BCUT2D eigenvalue weighted by Crippen LogP contribution is -2.46. The van der Waals surface area contributed by atoms with Crippen LogP contribution in [-0.4, -0.2) is 23.7 Å². The Balaban J connectivity index is 1.84. The van der Waals surface area contributed by atoms with Gasteiger partial charge in [-0.25, -0.2) is 4.98 Å². The summed E-state index contributed by atoms with van der Waals surface area (Å²) >= 11 is 1.65. The summed E-state index contributed by atoms with van der Waals surface area (Å²) in [4.78, 5) is 4.26. The lowest BCUT2D eigenvalue weighted by Gasteiger charge is -2.34. The summed E-state index contributed by atoms with van der Waals surface area (Å²) < 4.78 is 5.35. The van der Waals surface area contributed by atoms with Gasteiger partial charge in [-0.05, 0) is 19.8 Å². The Morgan fingerprint density at radius 2 is 2.36 bits per heavy atom. The molecule has 14 heavy (non-hydrogen) atoms. The highest BCUT2D eigenvalue weighted by Crippen LogP contribution is 2.20. The summed E-state index contributed by atoms with van der Waals surface area (Å²) in [7, 11) is 0. The molecule has 0 unspecified atom stereocenters. The van der Waals surface area contributed by atoms with Gasteiger partial charge in [0.15, 0.2) is 0 Å². The number of hydrogen-bond acceptors (Lipinski definition) is 4. The number of nitrogens with one attached hydrogen (secondary N) is 1. The van der Waals surface area contributed by atoms with E-state index in [-0.39, 0.29) is 5.54 Å². The second-order valence-corrected chi connectivity index (χ2v) is 4.73. The summed E-state index contributed by atoms with van der Waals surface area (Å²) in [6.07, 6.45) is 2.19. The van der Waals surface area contributed by atoms with E-state index < -0.39 is 0 Å². The van der Waals surface area contributed by atoms with Crippen molar-refractivity contribution in [1.29, 1.82) is 0 Å². The molecule has 0 bridgehead atoms. The minimum atomic E-state index is 0.238. The van der Waals surface area contributed by atoms with E-state index >= 15 is 0 Å². The van der Waals surface area contributed by atoms with Crippen molar-refractivity contribution >= 4 is 11.3 Å². The van der Waals surface area contributed by atoms with E-state index in [0.29, 0.717) is 0 Å². The largest absolute Gasteiger partial charge is 0.381 e. The Morgan fingerprint density at radius 3 is 3.00 bits per heavy atom. The first-order chi connectivity index (χ1) is 6.79. The lowest BCUT2D eigenvalue weighted by molar-refractivity contribution is 0.0445. The molecule has 2 heterocycles. The van der Waals surface area contributed by atoms with Gasteiger partial charge in [-0.15, -0.1) is 11.3 Å². The molecule has 1 aromatic rings. The van der Waals surface area contributed by atoms with Crippen LogP contribution in [0.1, 0.15) is 25.5 Å². The fraction of sp³-hybridized carbons (Fsp3) is 0.700. The smallest absolute Gasteiger partial charge is 0.0795 e. The van der Waals surface area contributed by atoms with Gasteiger partial charge < -0.3 is 10.1 Å². The van der Waals surface area contributed by atoms with Crippen LogP contribution >= 0.6 is 11.3 Å². The van der Waals surface area contributed by atoms with Crippen LogP contribution in [0.2, 0.25) is 0 Å². The van der Waals surface area contributed by atoms with Crippen molar-refractivity contribution < 1.29 is 4.74 Å². The molecule has 0 spiro atoms. The van der Waals surface area contributed by atoms with Gasteiger partial charge in [-0.2, -0.15) is 0 Å². The highest BCUT2D eigenvalue weighted by atomic mass is 32.1. The number of nitrogens with zero attached hydrogens (tertiary/aromatic N) is 1. The van der Waals surface area contributed by atoms with Gasteiger partial charge in [-0.3, -0.25) is 0 Å². The molecule has 1 saturated heterocycles. The fourth-order valence-electron chi connectivity index (χ4n) is 1.63. The molecule has 4 heteroatoms. The Morgan fingerprint density at radius 1 is 1.57 bits per heavy atom. The summed E-state index contributed by atoms with van der Waals surface area (Å²) in [6, 6.07) is 0. The standard InChI is InChI=1S/C10H16N2OS/c1-10(2-4-13-5-3-10)12-6-9-7-14-8-11-9/h7-8,12H,2-6H2,1H3. The first-order valence-corrected chi connectivity index (χ1v) is 5.93. The van der Waals surface area contributed by atoms with Gasteiger partial charge in [0, 0.05) is 30.7 Å². The molecule has 0 radical (unpaired) electrons. The van der Waals surface area contributed by atoms with Crippen LogP contribution in [0.3, 0.4) is 0 Å². The van der Waals surface area contributed by atoms with Gasteiger partial charge in [0.05, 0.1) is 11.2 Å². The quantitative estimate of drug-likeness (QED) is 0.829. The zero-order chi connectivity index (χ0) is 9.86. The average molecular weight is 212 g/mol. The van der Waals surface area contributed by atoms with E-state index in [0.717, 1.165) is 38.3 Å². The molecule has 0 aliphatic carbocycles. The van der Waals surface area contributed by atoms with Gasteiger partial charge in [0.25, 0.3) is 0 Å². The first kappa shape index (κ1) is 10.1. The van der Waals surface area contributed by atoms with Crippen molar-refractivity contribution in [2.75, 3.05) is 13.2 Å². The summed E-state index contributed by atoms with van der Waals surface area (Å²) in [6.45, 7) is 4.89. The maximum absolute atomic E-state index is 5.35. The van der Waals surface area contributed by atoms with Gasteiger partial charge in [0.2, 0.25) is 0 Å². The molecule has 0 saturated carbocycles. The third-order valence-electron chi connectivity index (χ3n) is 2.78. The van der Waals surface area contributed by atoms with Crippen LogP contribution in [-0.2, 0) is 11.3 Å². The van der Waals surface area contributed by atoms with Crippen molar-refractivity contribution in [1.82, 2.24) is 10.3 Å². The molecule has 1 aliphatic rings. The SMILES string of the molecule is CC1(NCc2cscn2)CCOCC1. The normalized spacial score (nSPS) is 20.9. The maximum Gasteiger partial charge on any atom is 0.0795 e. The summed E-state index contributed by atoms with van der Waals surface area (Å²) in [5.74, 6) is 0. The van der Waals surface area contributed by atoms with Crippen LogP contribution in [0.4, 0.5) is 0 Å². The van der Waals surface area contributed by atoms with Crippen LogP contribution in [0.5, 0.6) is 0 Å². The molecule has 0 aromatic carbocycles. The van der Waals surface area contributed by atoms with E-state index in [2.05, 4.69) is 22.6 Å². The van der Waals surface area contributed by atoms with Crippen molar-refractivity contribution in [3.05, 3.63) is 16.6 Å². The predicted molar refractivity (Wildman–Crippen MR) is 57.4 cm³/mol. The van der Waals surface area contributed by atoms with Crippen molar-refractivity contribution in [2.24, 2.45) is 0 Å². The van der Waals surface area contributed by atoms with Crippen LogP contribution in [0.25, 0.3) is 0 Å². The molecule has 1 aliphatic heterocycles. The van der Waals surface area contributed by atoms with Crippen LogP contribution < -0.4 is 5.32 Å². The first-order valence-electron chi connectivity index (χ1n) is 4.98. The Labute approximate surface area is 88.5 Å². The second-order valence-electron chi connectivity index (χ2n) is 4.01. The zero-order valence-electron chi connectivity index (χ0n) is 8.45. The summed E-state index contributed by atoms with van der Waals surface area (Å²) in [5.41, 5.74) is 3.26. The molecule has 3 nitrogen and oxygen atoms in total. The third-order valence-corrected chi connectivity index (χ3v) is 3.41. The van der Waals surface area contributed by atoms with Crippen molar-refractivity contribution in [2.45, 2.75) is 31.8 Å². The number of aromatic nitrogens is 1. The van der Waals surface area contributed by atoms with E-state index in [1.54, 1.807) is 11.3 Å². The minimum absolute atomic E-state index is 0.238. The minimum Gasteiger partial charge on any atom is -0.381 e. The number of ether oxygens (including phenoxy) is 1. The second kappa shape index (κ2) is 4.38. The number of thiazole rings is 1. The van der Waals surface area contributed by atoms with Gasteiger partial charge in [0.1, 0.15) is 0 Å². The monoisotopic (exact) mass is 212 g/mol. The Hall–Kier alpha value is -0.450. The molecule has 0 amide bonds. The molecule has 78 valence electrons. The van der Waals surface area contributed by atoms with E-state index in [1.165, 1.54) is 0 Å². The molecule has 1 fully saturated rings. The molecule has 0 atom stereocenters. The summed E-state index contributed by atoms with van der Waals surface area (Å²) in [5, 5.41) is 5.66. The van der Waals surface area contributed by atoms with Crippen molar-refractivity contribution in [3.8, 4) is 0 Å². The Bertz CT molecular complexity index is 268. The van der Waals surface area contributed by atoms with E-state index in [4.69, 9.17) is 4.74 Å². The number of rotatable bonds is 3. The molecule has 1 N–H and O–H groups in total. The maximum atomic E-state index is 5.35. The topological polar surface area (TPSA) is 34.2 Å². The number of hydrogen-bond donors (Lipinski definition) is 1. The van der Waals surface area contributed by atoms with Crippen molar-refractivity contribution in [3.63, 3.8) is 0 Å². The predicted octanol–water partition coefficient (Wildman–Crippen LogP) is 1.80. The highest BCUT2D eigenvalue weighted by Gasteiger charge is 2.26. The fourth-order valence-corrected chi connectivity index (χ4v) is 2.19. The van der Waals surface area contributed by atoms with E-state index in [9.17, 15) is 0 Å². The zero-order valence-corrected chi connectivity index (χ0v) is 9.27. The van der Waals surface area contributed by atoms with Crippen LogP contribution in [0.15, 0.2) is 10.9 Å². The highest BCUT2D eigenvalue weighted by molar-refractivity contribution is 7.07. The lowest BCUT2D eigenvalue weighted by atomic mass is 9.92. The molecule has 2 rings (SSSR count). The van der Waals surface area contributed by atoms with Crippen LogP contribution in [0, 0.1) is 0 Å². The Kier molecular flexibility index (Phi) is 3.15. The average Bonchev–Trinajstić information content (AvgIpc) is 2.69. The molecular formula is C10H16N2OS. The van der Waals surface area contributed by atoms with E-state index in [1.807, 2.05) is 5.51 Å². The van der Waals surface area contributed by atoms with Gasteiger partial charge in [-0.1, -0.05) is 0 Å². The molecular weight excluding hydrogens is 196 g/mol. The van der Waals surface area contributed by atoms with Gasteiger partial charge >= 0.3 is 0 Å². The molecule has 1 aromatic heterocycles.